The van der Waals surface area contributed by atoms with E-state index in [1.807, 2.05) is 0 Å². The van der Waals surface area contributed by atoms with Crippen molar-refractivity contribution in [2.24, 2.45) is 0 Å². The molecular weight excluding hydrogens is 351 g/mol. The summed E-state index contributed by atoms with van der Waals surface area (Å²) in [6.45, 7) is 2.78. The zero-order chi connectivity index (χ0) is 18.5. The predicted molar refractivity (Wildman–Crippen MR) is 74.1 cm³/mol. The number of hydrogen-bond donors (Lipinski definition) is 2. The molecule has 0 aromatic rings. The highest BCUT2D eigenvalue weighted by Gasteiger charge is 2.45. The lowest BCUT2D eigenvalue weighted by atomic mass is 10.0. The van der Waals surface area contributed by atoms with Gasteiger partial charge in [-0.25, -0.2) is 4.57 Å². The van der Waals surface area contributed by atoms with Crippen LogP contribution in [0.4, 0.5) is 0 Å². The van der Waals surface area contributed by atoms with E-state index in [1.165, 1.54) is 0 Å². The van der Waals surface area contributed by atoms with E-state index in [1.54, 1.807) is 0 Å². The molecule has 138 valence electrons. The molecule has 0 amide bonds. The second kappa shape index (κ2) is 8.54. The predicted octanol–water partition coefficient (Wildman–Crippen LogP) is -0.363. The molecule has 24 heavy (non-hydrogen) atoms. The number of phosphoric acid groups is 1. The number of carbonyl (C=O) groups excluding carboxylic acids is 3. The maximum atomic E-state index is 11.2. The van der Waals surface area contributed by atoms with E-state index >= 15 is 0 Å². The quantitative estimate of drug-likeness (QED) is 0.357. The van der Waals surface area contributed by atoms with E-state index in [0.29, 0.717) is 0 Å². The molecule has 1 heterocycles. The summed E-state index contributed by atoms with van der Waals surface area (Å²) >= 11 is 0. The smallest absolute Gasteiger partial charge is 0.458 e. The Kier molecular flexibility index (Phi) is 7.30. The highest BCUT2D eigenvalue weighted by atomic mass is 31.2. The molecule has 1 fully saturated rings. The Morgan fingerprint density at radius 3 is 2.04 bits per heavy atom. The number of carbonyl (C=O) groups is 3. The van der Waals surface area contributed by atoms with Gasteiger partial charge in [0.15, 0.2) is 0 Å². The molecule has 0 aromatic heterocycles. The van der Waals surface area contributed by atoms with Gasteiger partial charge in [-0.05, 0) is 0 Å². The molecule has 2 N–H and O–H groups in total. The van der Waals surface area contributed by atoms with Crippen LogP contribution < -0.4 is 0 Å². The molecule has 1 unspecified atom stereocenters. The van der Waals surface area contributed by atoms with E-state index in [2.05, 4.69) is 4.52 Å². The third-order valence-electron chi connectivity index (χ3n) is 2.79. The van der Waals surface area contributed by atoms with E-state index < -0.39 is 56.9 Å². The zero-order valence-electron chi connectivity index (χ0n) is 13.2. The van der Waals surface area contributed by atoms with Crippen molar-refractivity contribution in [3.05, 3.63) is 0 Å². The first-order valence-electron chi connectivity index (χ1n) is 6.85. The first-order chi connectivity index (χ1) is 11.0. The zero-order valence-corrected chi connectivity index (χ0v) is 14.1. The SMILES string of the molecule is CC(=O)OC1O[C@H](COP(=O)(O)O)C[C@H](OC(C)=O)[C@@H]1OC(C)=O. The lowest BCUT2D eigenvalue weighted by Crippen LogP contribution is -2.54. The molecule has 4 atom stereocenters. The van der Waals surface area contributed by atoms with Crippen molar-refractivity contribution < 1.29 is 52.2 Å². The summed E-state index contributed by atoms with van der Waals surface area (Å²) in [5.74, 6) is -2.16. The van der Waals surface area contributed by atoms with Crippen molar-refractivity contribution in [1.82, 2.24) is 0 Å². The molecule has 1 saturated heterocycles. The monoisotopic (exact) mass is 370 g/mol. The fourth-order valence-corrected chi connectivity index (χ4v) is 2.45. The van der Waals surface area contributed by atoms with Crippen LogP contribution in [0.25, 0.3) is 0 Å². The maximum Gasteiger partial charge on any atom is 0.469 e. The van der Waals surface area contributed by atoms with Crippen molar-refractivity contribution in [3.63, 3.8) is 0 Å². The van der Waals surface area contributed by atoms with Crippen molar-refractivity contribution in [3.8, 4) is 0 Å². The van der Waals surface area contributed by atoms with Crippen LogP contribution in [-0.4, -0.2) is 58.9 Å². The average molecular weight is 370 g/mol. The van der Waals surface area contributed by atoms with E-state index in [0.717, 1.165) is 20.8 Å². The van der Waals surface area contributed by atoms with Gasteiger partial charge in [0.25, 0.3) is 0 Å². The van der Waals surface area contributed by atoms with Gasteiger partial charge in [0, 0.05) is 27.2 Å². The Balaban J connectivity index is 2.94. The van der Waals surface area contributed by atoms with E-state index in [9.17, 15) is 18.9 Å². The van der Waals surface area contributed by atoms with E-state index in [-0.39, 0.29) is 6.42 Å². The number of hydrogen-bond acceptors (Lipinski definition) is 9. The second-order valence-electron chi connectivity index (χ2n) is 4.98. The summed E-state index contributed by atoms with van der Waals surface area (Å²) in [5.41, 5.74) is 0. The minimum Gasteiger partial charge on any atom is -0.458 e. The molecule has 1 aliphatic rings. The highest BCUT2D eigenvalue weighted by Crippen LogP contribution is 2.37. The molecule has 1 rings (SSSR count). The molecule has 1 aliphatic heterocycles. The first-order valence-corrected chi connectivity index (χ1v) is 8.38. The Bertz CT molecular complexity index is 501. The topological polar surface area (TPSA) is 155 Å². The molecule has 0 bridgehead atoms. The van der Waals surface area contributed by atoms with Gasteiger partial charge in [0.1, 0.15) is 6.10 Å². The largest absolute Gasteiger partial charge is 0.469 e. The minimum atomic E-state index is -4.75. The fourth-order valence-electron chi connectivity index (χ4n) is 2.09. The Morgan fingerprint density at radius 1 is 1.04 bits per heavy atom. The number of esters is 3. The van der Waals surface area contributed by atoms with Crippen LogP contribution in [-0.2, 0) is 42.4 Å². The lowest BCUT2D eigenvalue weighted by Gasteiger charge is -2.39. The van der Waals surface area contributed by atoms with Gasteiger partial charge in [0.05, 0.1) is 12.7 Å². The summed E-state index contributed by atoms with van der Waals surface area (Å²) in [6.07, 6.45) is -4.75. The van der Waals surface area contributed by atoms with Gasteiger partial charge < -0.3 is 28.7 Å². The van der Waals surface area contributed by atoms with Crippen LogP contribution >= 0.6 is 7.82 Å². The molecule has 12 heteroatoms. The molecule has 0 aromatic carbocycles. The highest BCUT2D eigenvalue weighted by molar-refractivity contribution is 7.46. The van der Waals surface area contributed by atoms with Gasteiger partial charge in [-0.15, -0.1) is 0 Å². The van der Waals surface area contributed by atoms with Crippen LogP contribution in [0.15, 0.2) is 0 Å². The summed E-state index contributed by atoms with van der Waals surface area (Å²) in [5, 5.41) is 0. The van der Waals surface area contributed by atoms with E-state index in [4.69, 9.17) is 28.7 Å². The van der Waals surface area contributed by atoms with Gasteiger partial charge in [-0.1, -0.05) is 0 Å². The normalized spacial score (nSPS) is 27.2. The Labute approximate surface area is 137 Å². The molecule has 0 aliphatic carbocycles. The summed E-state index contributed by atoms with van der Waals surface area (Å²) in [6, 6.07) is 0. The number of ether oxygens (including phenoxy) is 4. The Morgan fingerprint density at radius 2 is 1.58 bits per heavy atom. The minimum absolute atomic E-state index is 0.0880. The van der Waals surface area contributed by atoms with Gasteiger partial charge in [0.2, 0.25) is 12.4 Å². The van der Waals surface area contributed by atoms with Crippen molar-refractivity contribution in [1.29, 1.82) is 0 Å². The van der Waals surface area contributed by atoms with Gasteiger partial charge in [-0.3, -0.25) is 18.9 Å². The third-order valence-corrected chi connectivity index (χ3v) is 3.27. The van der Waals surface area contributed by atoms with Crippen LogP contribution in [0, 0.1) is 0 Å². The molecule has 0 spiro atoms. The molecule has 0 radical (unpaired) electrons. The molecule has 0 saturated carbocycles. The lowest BCUT2D eigenvalue weighted by molar-refractivity contribution is -0.269. The summed E-state index contributed by atoms with van der Waals surface area (Å²) in [4.78, 5) is 51.1. The van der Waals surface area contributed by atoms with Gasteiger partial charge in [-0.2, -0.15) is 0 Å². The fraction of sp³-hybridized carbons (Fsp3) is 0.750. The summed E-state index contributed by atoms with van der Waals surface area (Å²) < 4.78 is 35.4. The van der Waals surface area contributed by atoms with Crippen LogP contribution in [0.1, 0.15) is 27.2 Å². The maximum absolute atomic E-state index is 11.2. The Hall–Kier alpha value is -1.52. The number of phosphoric ester groups is 1. The second-order valence-corrected chi connectivity index (χ2v) is 6.22. The average Bonchev–Trinajstić information content (AvgIpc) is 2.37. The standard InChI is InChI=1S/C12H19O11P/c1-6(13)20-10-4-9(5-19-24(16,17)18)23-12(22-8(3)15)11(10)21-7(2)14/h9-12H,4-5H2,1-3H3,(H2,16,17,18)/t9-,10-,11-,12?/m0/s1. The van der Waals surface area contributed by atoms with Crippen molar-refractivity contribution in [2.75, 3.05) is 6.61 Å². The molecular formula is C12H19O11P. The summed E-state index contributed by atoms with van der Waals surface area (Å²) in [7, 11) is -4.75. The number of rotatable bonds is 6. The third kappa shape index (κ3) is 7.37. The van der Waals surface area contributed by atoms with Crippen LogP contribution in [0.3, 0.4) is 0 Å². The van der Waals surface area contributed by atoms with Crippen molar-refractivity contribution in [2.45, 2.75) is 51.8 Å². The van der Waals surface area contributed by atoms with Crippen LogP contribution in [0.2, 0.25) is 0 Å². The molecule has 11 nitrogen and oxygen atoms in total. The first kappa shape index (κ1) is 20.5. The van der Waals surface area contributed by atoms with Crippen molar-refractivity contribution >= 4 is 25.7 Å². The van der Waals surface area contributed by atoms with Gasteiger partial charge >= 0.3 is 25.7 Å². The van der Waals surface area contributed by atoms with Crippen LogP contribution in [0.5, 0.6) is 0 Å².